The average Bonchev–Trinajstić information content (AvgIpc) is 1.69. The Kier molecular flexibility index (Phi) is 5.11. The van der Waals surface area contributed by atoms with Crippen LogP contribution in [0.15, 0.2) is 11.6 Å². The maximum Gasteiger partial charge on any atom is 0.207 e. The monoisotopic (exact) mass is 119 g/mol. The quantitative estimate of drug-likeness (QED) is 0.425. The van der Waals surface area contributed by atoms with Crippen molar-refractivity contribution in [2.75, 3.05) is 6.54 Å². The first kappa shape index (κ1) is 6.50. The Hall–Kier alpha value is -0.500. The van der Waals surface area contributed by atoms with Gasteiger partial charge in [-0.25, -0.2) is 0 Å². The molecule has 0 fully saturated rings. The van der Waals surface area contributed by atoms with Crippen LogP contribution in [0.3, 0.4) is 0 Å². The Bertz CT molecular complexity index is 72.1. The van der Waals surface area contributed by atoms with E-state index in [-0.39, 0.29) is 0 Å². The molecule has 2 nitrogen and oxygen atoms in total. The van der Waals surface area contributed by atoms with Crippen molar-refractivity contribution in [3.05, 3.63) is 11.6 Å². The summed E-state index contributed by atoms with van der Waals surface area (Å²) in [6.45, 7) is 0.507. The second-order valence-corrected chi connectivity index (χ2v) is 1.14. The third-order valence-corrected chi connectivity index (χ3v) is 0.586. The van der Waals surface area contributed by atoms with E-state index in [1.807, 2.05) is 0 Å². The van der Waals surface area contributed by atoms with Gasteiger partial charge >= 0.3 is 0 Å². The highest BCUT2D eigenvalue weighted by Crippen LogP contribution is 1.72. The van der Waals surface area contributed by atoms with E-state index in [1.165, 1.54) is 5.54 Å². The second kappa shape index (κ2) is 5.50. The number of amides is 1. The summed E-state index contributed by atoms with van der Waals surface area (Å²) in [5.41, 5.74) is 1.36. The smallest absolute Gasteiger partial charge is 0.207 e. The van der Waals surface area contributed by atoms with E-state index in [0.29, 0.717) is 13.0 Å². The minimum atomic E-state index is 0.507. The molecule has 0 radical (unpaired) electrons. The zero-order valence-electron chi connectivity index (χ0n) is 3.73. The lowest BCUT2D eigenvalue weighted by atomic mass is 10.6. The molecule has 1 N–H and O–H groups in total. The molecular formula is C4H6ClNO. The summed E-state index contributed by atoms with van der Waals surface area (Å²) in [4.78, 5) is 9.49. The third-order valence-electron chi connectivity index (χ3n) is 0.408. The van der Waals surface area contributed by atoms with E-state index in [4.69, 9.17) is 11.6 Å². The van der Waals surface area contributed by atoms with Gasteiger partial charge in [-0.1, -0.05) is 17.7 Å². The Morgan fingerprint density at radius 3 is 2.86 bits per heavy atom. The van der Waals surface area contributed by atoms with Gasteiger partial charge < -0.3 is 5.32 Å². The fraction of sp³-hybridized carbons (Fsp3) is 0.250. The van der Waals surface area contributed by atoms with Crippen molar-refractivity contribution >= 4 is 18.0 Å². The molecule has 40 valence electrons. The fourth-order valence-electron chi connectivity index (χ4n) is 0.161. The molecule has 0 spiro atoms. The van der Waals surface area contributed by atoms with Gasteiger partial charge in [-0.2, -0.15) is 0 Å². The first-order chi connectivity index (χ1) is 3.41. The highest BCUT2D eigenvalue weighted by atomic mass is 35.5. The molecule has 0 rings (SSSR count). The number of hydrogen-bond acceptors (Lipinski definition) is 1. The first-order valence-electron chi connectivity index (χ1n) is 1.84. The molecule has 0 aliphatic carbocycles. The summed E-state index contributed by atoms with van der Waals surface area (Å²) in [6, 6.07) is 0. The molecule has 7 heavy (non-hydrogen) atoms. The van der Waals surface area contributed by atoms with Crippen molar-refractivity contribution in [3.63, 3.8) is 0 Å². The molecule has 0 aliphatic heterocycles. The Balaban J connectivity index is 2.82. The van der Waals surface area contributed by atoms with Crippen LogP contribution in [0.4, 0.5) is 0 Å². The summed E-state index contributed by atoms with van der Waals surface area (Å²) in [5.74, 6) is 0. The molecule has 0 heterocycles. The molecule has 0 aromatic carbocycles. The Morgan fingerprint density at radius 1 is 1.71 bits per heavy atom. The van der Waals surface area contributed by atoms with E-state index in [2.05, 4.69) is 5.32 Å². The number of rotatable bonds is 3. The lowest BCUT2D eigenvalue weighted by molar-refractivity contribution is -0.109. The van der Waals surface area contributed by atoms with Crippen molar-refractivity contribution in [2.24, 2.45) is 0 Å². The standard InChI is InChI=1S/C4H6ClNO/c5-2-1-3-6-4-7/h1-2,4H,3H2,(H,6,7). The van der Waals surface area contributed by atoms with Gasteiger partial charge in [0.25, 0.3) is 0 Å². The zero-order chi connectivity index (χ0) is 5.54. The average molecular weight is 120 g/mol. The van der Waals surface area contributed by atoms with Crippen molar-refractivity contribution < 1.29 is 4.79 Å². The van der Waals surface area contributed by atoms with Crippen molar-refractivity contribution in [3.8, 4) is 0 Å². The van der Waals surface area contributed by atoms with E-state index in [9.17, 15) is 4.79 Å². The fourth-order valence-corrected chi connectivity index (χ4v) is 0.250. The first-order valence-corrected chi connectivity index (χ1v) is 2.27. The summed E-state index contributed by atoms with van der Waals surface area (Å²) < 4.78 is 0. The van der Waals surface area contributed by atoms with Gasteiger partial charge in [0.2, 0.25) is 6.41 Å². The van der Waals surface area contributed by atoms with Gasteiger partial charge in [0, 0.05) is 12.1 Å². The summed E-state index contributed by atoms with van der Waals surface area (Å²) >= 11 is 5.10. The number of hydrogen-bond donors (Lipinski definition) is 1. The topological polar surface area (TPSA) is 29.1 Å². The predicted octanol–water partition coefficient (Wildman–Crippen LogP) is 0.485. The van der Waals surface area contributed by atoms with E-state index in [1.54, 1.807) is 6.08 Å². The van der Waals surface area contributed by atoms with Crippen LogP contribution in [0.25, 0.3) is 0 Å². The molecule has 0 saturated carbocycles. The van der Waals surface area contributed by atoms with Crippen LogP contribution in [0.5, 0.6) is 0 Å². The van der Waals surface area contributed by atoms with Gasteiger partial charge in [-0.3, -0.25) is 4.79 Å². The molecule has 3 heteroatoms. The van der Waals surface area contributed by atoms with Crippen LogP contribution in [0.2, 0.25) is 0 Å². The van der Waals surface area contributed by atoms with Crippen molar-refractivity contribution in [1.29, 1.82) is 0 Å². The Labute approximate surface area is 47.2 Å². The highest BCUT2D eigenvalue weighted by Gasteiger charge is 1.67. The summed E-state index contributed by atoms with van der Waals surface area (Å²) in [6.07, 6.45) is 2.26. The second-order valence-electron chi connectivity index (χ2n) is 0.888. The molecule has 0 bridgehead atoms. The minimum absolute atomic E-state index is 0.507. The van der Waals surface area contributed by atoms with Gasteiger partial charge in [-0.05, 0) is 0 Å². The number of carbonyl (C=O) groups excluding carboxylic acids is 1. The normalized spacial score (nSPS) is 9.29. The molecule has 0 aliphatic rings. The van der Waals surface area contributed by atoms with Crippen molar-refractivity contribution in [2.45, 2.75) is 0 Å². The molecule has 0 atom stereocenters. The largest absolute Gasteiger partial charge is 0.355 e. The van der Waals surface area contributed by atoms with Crippen LogP contribution < -0.4 is 5.32 Å². The van der Waals surface area contributed by atoms with Crippen LogP contribution in [0.1, 0.15) is 0 Å². The summed E-state index contributed by atoms with van der Waals surface area (Å²) in [7, 11) is 0. The van der Waals surface area contributed by atoms with E-state index >= 15 is 0 Å². The predicted molar refractivity (Wildman–Crippen MR) is 29.1 cm³/mol. The van der Waals surface area contributed by atoms with Crippen LogP contribution in [-0.2, 0) is 4.79 Å². The zero-order valence-corrected chi connectivity index (χ0v) is 4.48. The number of halogens is 1. The third kappa shape index (κ3) is 5.50. The lowest BCUT2D eigenvalue weighted by Crippen LogP contribution is -2.08. The molecule has 0 aromatic heterocycles. The van der Waals surface area contributed by atoms with E-state index in [0.717, 1.165) is 0 Å². The summed E-state index contributed by atoms with van der Waals surface area (Å²) in [5, 5.41) is 2.40. The number of nitrogens with one attached hydrogen (secondary N) is 1. The van der Waals surface area contributed by atoms with Gasteiger partial charge in [0.1, 0.15) is 0 Å². The van der Waals surface area contributed by atoms with E-state index < -0.39 is 0 Å². The minimum Gasteiger partial charge on any atom is -0.355 e. The molecule has 0 aromatic rings. The lowest BCUT2D eigenvalue weighted by Gasteiger charge is -1.82. The maximum atomic E-state index is 9.49. The highest BCUT2D eigenvalue weighted by molar-refractivity contribution is 6.25. The van der Waals surface area contributed by atoms with Crippen LogP contribution in [-0.4, -0.2) is 13.0 Å². The SMILES string of the molecule is O=CNCC=CCl. The van der Waals surface area contributed by atoms with Gasteiger partial charge in [0.15, 0.2) is 0 Å². The van der Waals surface area contributed by atoms with Crippen molar-refractivity contribution in [1.82, 2.24) is 5.32 Å². The molecule has 0 unspecified atom stereocenters. The Morgan fingerprint density at radius 2 is 2.43 bits per heavy atom. The molecular weight excluding hydrogens is 114 g/mol. The number of carbonyl (C=O) groups is 1. The van der Waals surface area contributed by atoms with Gasteiger partial charge in [0.05, 0.1) is 0 Å². The maximum absolute atomic E-state index is 9.49. The van der Waals surface area contributed by atoms with Crippen LogP contribution >= 0.6 is 11.6 Å². The molecule has 0 saturated heterocycles. The van der Waals surface area contributed by atoms with Gasteiger partial charge in [-0.15, -0.1) is 0 Å². The molecule has 1 amide bonds. The van der Waals surface area contributed by atoms with Crippen LogP contribution in [0, 0.1) is 0 Å².